The zero-order chi connectivity index (χ0) is 11.6. The van der Waals surface area contributed by atoms with Crippen LogP contribution in [0.3, 0.4) is 0 Å². The second kappa shape index (κ2) is 8.59. The summed E-state index contributed by atoms with van der Waals surface area (Å²) in [6.45, 7) is 7.70. The van der Waals surface area contributed by atoms with Crippen molar-refractivity contribution in [2.24, 2.45) is 0 Å². The molecule has 0 saturated carbocycles. The summed E-state index contributed by atoms with van der Waals surface area (Å²) in [7, 11) is 0. The minimum atomic E-state index is 0.380. The van der Waals surface area contributed by atoms with Gasteiger partial charge in [0.2, 0.25) is 0 Å². The van der Waals surface area contributed by atoms with Crippen molar-refractivity contribution in [2.75, 3.05) is 26.4 Å². The van der Waals surface area contributed by atoms with E-state index in [9.17, 15) is 0 Å². The molecule has 0 amide bonds. The van der Waals surface area contributed by atoms with Gasteiger partial charge in [-0.3, -0.25) is 0 Å². The number of allylic oxidation sites excluding steroid dienone is 1. The van der Waals surface area contributed by atoms with Crippen molar-refractivity contribution in [1.82, 2.24) is 5.32 Å². The summed E-state index contributed by atoms with van der Waals surface area (Å²) in [6, 6.07) is 0.380. The summed E-state index contributed by atoms with van der Waals surface area (Å²) < 4.78 is 11.1. The molecule has 0 aromatic heterocycles. The fourth-order valence-electron chi connectivity index (χ4n) is 1.94. The average molecular weight is 227 g/mol. The van der Waals surface area contributed by atoms with Crippen LogP contribution in [0.25, 0.3) is 0 Å². The van der Waals surface area contributed by atoms with E-state index in [0.717, 1.165) is 57.8 Å². The van der Waals surface area contributed by atoms with Gasteiger partial charge in [0.25, 0.3) is 0 Å². The summed E-state index contributed by atoms with van der Waals surface area (Å²) in [6.07, 6.45) is 6.73. The molecule has 3 nitrogen and oxygen atoms in total. The van der Waals surface area contributed by atoms with E-state index in [2.05, 4.69) is 18.3 Å². The second-order valence-corrected chi connectivity index (χ2v) is 4.05. The molecule has 1 N–H and O–H groups in total. The Morgan fingerprint density at radius 2 is 2.38 bits per heavy atom. The van der Waals surface area contributed by atoms with E-state index in [-0.39, 0.29) is 0 Å². The van der Waals surface area contributed by atoms with E-state index >= 15 is 0 Å². The molecular weight excluding hydrogens is 202 g/mol. The molecule has 0 aromatic carbocycles. The molecule has 3 heteroatoms. The number of hydrogen-bond acceptors (Lipinski definition) is 3. The van der Waals surface area contributed by atoms with Gasteiger partial charge in [-0.15, -0.1) is 0 Å². The minimum absolute atomic E-state index is 0.380. The number of nitrogens with one attached hydrogen (secondary N) is 1. The number of hydrogen-bond donors (Lipinski definition) is 1. The summed E-state index contributed by atoms with van der Waals surface area (Å²) in [5.74, 6) is 1.14. The van der Waals surface area contributed by atoms with E-state index in [1.807, 2.05) is 6.92 Å². The van der Waals surface area contributed by atoms with Crippen molar-refractivity contribution in [3.63, 3.8) is 0 Å². The van der Waals surface area contributed by atoms with Gasteiger partial charge < -0.3 is 14.8 Å². The van der Waals surface area contributed by atoms with Crippen molar-refractivity contribution in [3.8, 4) is 0 Å². The van der Waals surface area contributed by atoms with Gasteiger partial charge in [0.15, 0.2) is 0 Å². The molecular formula is C13H25NO2. The fourth-order valence-corrected chi connectivity index (χ4v) is 1.94. The van der Waals surface area contributed by atoms with E-state index < -0.39 is 0 Å². The Morgan fingerprint density at radius 1 is 1.50 bits per heavy atom. The van der Waals surface area contributed by atoms with Gasteiger partial charge in [0.1, 0.15) is 5.76 Å². The number of likely N-dealkylation sites (N-methyl/N-ethyl adjacent to an activating group) is 1. The van der Waals surface area contributed by atoms with Crippen LogP contribution in [-0.2, 0) is 9.47 Å². The molecule has 0 saturated heterocycles. The highest BCUT2D eigenvalue weighted by Gasteiger charge is 2.16. The number of rotatable bonds is 8. The maximum atomic E-state index is 5.71. The Morgan fingerprint density at radius 3 is 3.00 bits per heavy atom. The van der Waals surface area contributed by atoms with E-state index in [1.54, 1.807) is 0 Å². The first-order valence-corrected chi connectivity index (χ1v) is 6.52. The summed E-state index contributed by atoms with van der Waals surface area (Å²) in [4.78, 5) is 0. The van der Waals surface area contributed by atoms with Gasteiger partial charge in [-0.2, -0.15) is 0 Å². The van der Waals surface area contributed by atoms with Crippen LogP contribution < -0.4 is 5.32 Å². The lowest BCUT2D eigenvalue weighted by Gasteiger charge is -2.24. The topological polar surface area (TPSA) is 30.5 Å². The number of ether oxygens (including phenoxy) is 2. The van der Waals surface area contributed by atoms with Crippen molar-refractivity contribution in [2.45, 2.75) is 45.6 Å². The third-order valence-corrected chi connectivity index (χ3v) is 2.74. The van der Waals surface area contributed by atoms with Gasteiger partial charge in [-0.1, -0.05) is 6.92 Å². The lowest BCUT2D eigenvalue weighted by molar-refractivity contribution is 0.132. The van der Waals surface area contributed by atoms with Crippen LogP contribution in [0.4, 0.5) is 0 Å². The monoisotopic (exact) mass is 227 g/mol. The first-order valence-electron chi connectivity index (χ1n) is 6.52. The van der Waals surface area contributed by atoms with E-state index in [0.29, 0.717) is 6.04 Å². The first kappa shape index (κ1) is 13.5. The average Bonchev–Trinajstić information content (AvgIpc) is 2.34. The van der Waals surface area contributed by atoms with Crippen molar-refractivity contribution >= 4 is 0 Å². The molecule has 1 heterocycles. The Kier molecular flexibility index (Phi) is 7.26. The van der Waals surface area contributed by atoms with E-state index in [1.165, 1.54) is 0 Å². The SMILES string of the molecule is CCNC(CCCOCC)C1=CCCCO1. The molecule has 94 valence electrons. The quantitative estimate of drug-likeness (QED) is 0.646. The molecule has 1 aliphatic heterocycles. The molecule has 1 rings (SSSR count). The lowest BCUT2D eigenvalue weighted by Crippen LogP contribution is -2.33. The lowest BCUT2D eigenvalue weighted by atomic mass is 10.1. The fraction of sp³-hybridized carbons (Fsp3) is 0.846. The zero-order valence-corrected chi connectivity index (χ0v) is 10.6. The third kappa shape index (κ3) is 4.99. The smallest absolute Gasteiger partial charge is 0.109 e. The molecule has 0 aliphatic carbocycles. The van der Waals surface area contributed by atoms with Crippen molar-refractivity contribution in [1.29, 1.82) is 0 Å². The molecule has 16 heavy (non-hydrogen) atoms. The highest BCUT2D eigenvalue weighted by molar-refractivity contribution is 5.05. The van der Waals surface area contributed by atoms with Gasteiger partial charge >= 0.3 is 0 Å². The Balaban J connectivity index is 2.31. The predicted octanol–water partition coefficient (Wildman–Crippen LogP) is 2.48. The molecule has 0 fully saturated rings. The van der Waals surface area contributed by atoms with Crippen molar-refractivity contribution < 1.29 is 9.47 Å². The molecule has 1 unspecified atom stereocenters. The largest absolute Gasteiger partial charge is 0.497 e. The minimum Gasteiger partial charge on any atom is -0.497 e. The van der Waals surface area contributed by atoms with Crippen LogP contribution in [0.2, 0.25) is 0 Å². The normalized spacial score (nSPS) is 17.8. The summed E-state index contributed by atoms with van der Waals surface area (Å²) >= 11 is 0. The maximum absolute atomic E-state index is 5.71. The first-order chi connectivity index (χ1) is 7.88. The second-order valence-electron chi connectivity index (χ2n) is 4.05. The van der Waals surface area contributed by atoms with Gasteiger partial charge in [0, 0.05) is 13.2 Å². The predicted molar refractivity (Wildman–Crippen MR) is 66.5 cm³/mol. The van der Waals surface area contributed by atoms with Gasteiger partial charge in [-0.25, -0.2) is 0 Å². The van der Waals surface area contributed by atoms with Crippen LogP contribution >= 0.6 is 0 Å². The van der Waals surface area contributed by atoms with Crippen LogP contribution in [0.1, 0.15) is 39.5 Å². The molecule has 0 spiro atoms. The Bertz CT molecular complexity index is 204. The zero-order valence-electron chi connectivity index (χ0n) is 10.6. The summed E-state index contributed by atoms with van der Waals surface area (Å²) in [5.41, 5.74) is 0. The van der Waals surface area contributed by atoms with Crippen molar-refractivity contribution in [3.05, 3.63) is 11.8 Å². The van der Waals surface area contributed by atoms with E-state index in [4.69, 9.17) is 9.47 Å². The molecule has 0 bridgehead atoms. The van der Waals surface area contributed by atoms with Crippen LogP contribution in [0.15, 0.2) is 11.8 Å². The van der Waals surface area contributed by atoms with Crippen LogP contribution in [-0.4, -0.2) is 32.4 Å². The third-order valence-electron chi connectivity index (χ3n) is 2.74. The standard InChI is InChI=1S/C13H25NO2/c1-3-14-12(8-7-10-15-4-2)13-9-5-6-11-16-13/h9,12,14H,3-8,10-11H2,1-2H3. The molecule has 1 aliphatic rings. The summed E-state index contributed by atoms with van der Waals surface area (Å²) in [5, 5.41) is 3.48. The Labute approximate surface area is 99.2 Å². The molecule has 0 aromatic rings. The van der Waals surface area contributed by atoms with Gasteiger partial charge in [0.05, 0.1) is 12.6 Å². The molecule has 1 atom stereocenters. The van der Waals surface area contributed by atoms with Gasteiger partial charge in [-0.05, 0) is 45.2 Å². The highest BCUT2D eigenvalue weighted by atomic mass is 16.5. The van der Waals surface area contributed by atoms with Crippen LogP contribution in [0.5, 0.6) is 0 Å². The Hall–Kier alpha value is -0.540. The highest BCUT2D eigenvalue weighted by Crippen LogP contribution is 2.17. The molecule has 0 radical (unpaired) electrons. The maximum Gasteiger partial charge on any atom is 0.109 e. The van der Waals surface area contributed by atoms with Crippen LogP contribution in [0, 0.1) is 0 Å².